The molecule has 0 unspecified atom stereocenters. The third-order valence-corrected chi connectivity index (χ3v) is 4.36. The van der Waals surface area contributed by atoms with Crippen LogP contribution in [0.2, 0.25) is 0 Å². The van der Waals surface area contributed by atoms with Crippen LogP contribution in [0.15, 0.2) is 57.9 Å². The fourth-order valence-corrected chi connectivity index (χ4v) is 2.86. The summed E-state index contributed by atoms with van der Waals surface area (Å²) < 4.78 is 19.2. The summed E-state index contributed by atoms with van der Waals surface area (Å²) in [5, 5.41) is 8.64. The number of oxazole rings is 1. The first-order chi connectivity index (χ1) is 15.0. The summed E-state index contributed by atoms with van der Waals surface area (Å²) in [5.41, 5.74) is 2.56. The SMILES string of the molecule is CCCNC(=O)c1ccc(Nc2ncc(F)c(Nc3ccc4oc(=O)[nH]c4c3)n2)cc1. The number of aromatic amines is 1. The Labute approximate surface area is 175 Å². The number of hydrogen-bond donors (Lipinski definition) is 4. The minimum Gasteiger partial charge on any atom is -0.408 e. The molecule has 9 nitrogen and oxygen atoms in total. The summed E-state index contributed by atoms with van der Waals surface area (Å²) in [4.78, 5) is 33.9. The largest absolute Gasteiger partial charge is 0.417 e. The maximum absolute atomic E-state index is 14.2. The normalized spacial score (nSPS) is 10.8. The van der Waals surface area contributed by atoms with Crippen LogP contribution in [0.4, 0.5) is 27.5 Å². The van der Waals surface area contributed by atoms with Crippen molar-refractivity contribution in [1.29, 1.82) is 0 Å². The Morgan fingerprint density at radius 3 is 2.68 bits per heavy atom. The Morgan fingerprint density at radius 1 is 1.13 bits per heavy atom. The van der Waals surface area contributed by atoms with E-state index in [0.29, 0.717) is 34.6 Å². The van der Waals surface area contributed by atoms with Crippen LogP contribution >= 0.6 is 0 Å². The van der Waals surface area contributed by atoms with E-state index in [1.165, 1.54) is 0 Å². The maximum atomic E-state index is 14.2. The zero-order chi connectivity index (χ0) is 21.8. The van der Waals surface area contributed by atoms with Gasteiger partial charge in [0, 0.05) is 23.5 Å². The first kappa shape index (κ1) is 20.1. The second kappa shape index (κ2) is 8.66. The van der Waals surface area contributed by atoms with Crippen molar-refractivity contribution in [2.24, 2.45) is 0 Å². The minimum atomic E-state index is -0.644. The van der Waals surface area contributed by atoms with Gasteiger partial charge in [-0.05, 0) is 48.9 Å². The van der Waals surface area contributed by atoms with E-state index in [0.717, 1.165) is 12.6 Å². The number of H-pyrrole nitrogens is 1. The number of anilines is 4. The molecule has 0 spiro atoms. The number of hydrogen-bond acceptors (Lipinski definition) is 7. The molecule has 10 heteroatoms. The Hall–Kier alpha value is -4.21. The highest BCUT2D eigenvalue weighted by Crippen LogP contribution is 2.23. The molecule has 0 aliphatic rings. The van der Waals surface area contributed by atoms with Gasteiger partial charge in [-0.15, -0.1) is 0 Å². The molecule has 2 aromatic heterocycles. The third kappa shape index (κ3) is 4.69. The van der Waals surface area contributed by atoms with Gasteiger partial charge in [0.1, 0.15) is 0 Å². The molecule has 4 aromatic rings. The number of nitrogens with zero attached hydrogens (tertiary/aromatic N) is 2. The summed E-state index contributed by atoms with van der Waals surface area (Å²) in [7, 11) is 0. The van der Waals surface area contributed by atoms with Gasteiger partial charge >= 0.3 is 5.76 Å². The number of benzene rings is 2. The Kier molecular flexibility index (Phi) is 5.61. The molecule has 0 fully saturated rings. The summed E-state index contributed by atoms with van der Waals surface area (Å²) in [5.74, 6) is -1.23. The van der Waals surface area contributed by atoms with E-state index < -0.39 is 11.6 Å². The summed E-state index contributed by atoms with van der Waals surface area (Å²) in [6.45, 7) is 2.59. The molecule has 0 bridgehead atoms. The molecule has 0 aliphatic carbocycles. The molecule has 4 rings (SSSR count). The number of fused-ring (bicyclic) bond motifs is 1. The van der Waals surface area contributed by atoms with Crippen LogP contribution in [0.3, 0.4) is 0 Å². The Balaban J connectivity index is 1.49. The molecule has 0 radical (unpaired) electrons. The average Bonchev–Trinajstić information content (AvgIpc) is 3.14. The average molecular weight is 422 g/mol. The van der Waals surface area contributed by atoms with Crippen molar-refractivity contribution in [3.63, 3.8) is 0 Å². The molecule has 0 saturated carbocycles. The van der Waals surface area contributed by atoms with E-state index in [-0.39, 0.29) is 17.7 Å². The first-order valence-corrected chi connectivity index (χ1v) is 9.59. The van der Waals surface area contributed by atoms with Gasteiger partial charge in [-0.3, -0.25) is 9.78 Å². The molecule has 2 aromatic carbocycles. The van der Waals surface area contributed by atoms with E-state index in [2.05, 4.69) is 30.9 Å². The summed E-state index contributed by atoms with van der Waals surface area (Å²) in [6, 6.07) is 11.6. The zero-order valence-corrected chi connectivity index (χ0v) is 16.5. The topological polar surface area (TPSA) is 125 Å². The quantitative estimate of drug-likeness (QED) is 0.358. The lowest BCUT2D eigenvalue weighted by Crippen LogP contribution is -2.23. The zero-order valence-electron chi connectivity index (χ0n) is 16.5. The second-order valence-electron chi connectivity index (χ2n) is 6.70. The van der Waals surface area contributed by atoms with Crippen LogP contribution in [0, 0.1) is 5.82 Å². The molecular formula is C21H19FN6O3. The molecule has 158 valence electrons. The van der Waals surface area contributed by atoms with Gasteiger partial charge in [-0.25, -0.2) is 14.2 Å². The molecule has 31 heavy (non-hydrogen) atoms. The van der Waals surface area contributed by atoms with Crippen molar-refractivity contribution in [2.75, 3.05) is 17.2 Å². The predicted molar refractivity (Wildman–Crippen MR) is 114 cm³/mol. The number of rotatable bonds is 7. The van der Waals surface area contributed by atoms with Gasteiger partial charge in [0.2, 0.25) is 5.95 Å². The van der Waals surface area contributed by atoms with E-state index in [9.17, 15) is 14.0 Å². The summed E-state index contributed by atoms with van der Waals surface area (Å²) in [6.07, 6.45) is 1.90. The smallest absolute Gasteiger partial charge is 0.408 e. The van der Waals surface area contributed by atoms with Gasteiger partial charge in [0.25, 0.3) is 5.91 Å². The predicted octanol–water partition coefficient (Wildman–Crippen LogP) is 3.68. The summed E-state index contributed by atoms with van der Waals surface area (Å²) >= 11 is 0. The monoisotopic (exact) mass is 422 g/mol. The number of halogens is 1. The lowest BCUT2D eigenvalue weighted by atomic mass is 10.2. The fraction of sp³-hybridized carbons (Fsp3) is 0.143. The molecule has 2 heterocycles. The standard InChI is InChI=1S/C21H19FN6O3/c1-2-9-23-19(29)12-3-5-13(6-4-12)26-20-24-11-15(22)18(28-20)25-14-7-8-17-16(10-14)27-21(30)31-17/h3-8,10-11H,2,9H2,1H3,(H,23,29)(H,27,30)(H2,24,25,26,28). The van der Waals surface area contributed by atoms with Crippen LogP contribution in [-0.2, 0) is 0 Å². The molecule has 0 saturated heterocycles. The van der Waals surface area contributed by atoms with Crippen molar-refractivity contribution in [2.45, 2.75) is 13.3 Å². The van der Waals surface area contributed by atoms with Gasteiger partial charge < -0.3 is 20.4 Å². The third-order valence-electron chi connectivity index (χ3n) is 4.36. The van der Waals surface area contributed by atoms with Gasteiger partial charge in [0.05, 0.1) is 11.7 Å². The molecule has 4 N–H and O–H groups in total. The fourth-order valence-electron chi connectivity index (χ4n) is 2.86. The van der Waals surface area contributed by atoms with Crippen molar-refractivity contribution < 1.29 is 13.6 Å². The maximum Gasteiger partial charge on any atom is 0.417 e. The van der Waals surface area contributed by atoms with Crippen molar-refractivity contribution in [3.8, 4) is 0 Å². The van der Waals surface area contributed by atoms with Gasteiger partial charge in [-0.2, -0.15) is 4.98 Å². The molecular weight excluding hydrogens is 403 g/mol. The van der Waals surface area contributed by atoms with Crippen molar-refractivity contribution in [3.05, 3.63) is 70.6 Å². The van der Waals surface area contributed by atoms with Gasteiger partial charge in [0.15, 0.2) is 17.2 Å². The van der Waals surface area contributed by atoms with Gasteiger partial charge in [-0.1, -0.05) is 6.92 Å². The Bertz CT molecular complexity index is 1280. The number of aromatic nitrogens is 3. The highest BCUT2D eigenvalue weighted by atomic mass is 19.1. The highest BCUT2D eigenvalue weighted by Gasteiger charge is 2.10. The van der Waals surface area contributed by atoms with Crippen LogP contribution in [-0.4, -0.2) is 27.4 Å². The number of carbonyl (C=O) groups excluding carboxylic acids is 1. The lowest BCUT2D eigenvalue weighted by molar-refractivity contribution is 0.0953. The highest BCUT2D eigenvalue weighted by molar-refractivity contribution is 5.94. The molecule has 0 aliphatic heterocycles. The number of nitrogens with one attached hydrogen (secondary N) is 4. The lowest BCUT2D eigenvalue weighted by Gasteiger charge is -2.10. The van der Waals surface area contributed by atoms with Crippen molar-refractivity contribution >= 4 is 40.1 Å². The Morgan fingerprint density at radius 2 is 1.90 bits per heavy atom. The number of amides is 1. The number of carbonyl (C=O) groups is 1. The minimum absolute atomic E-state index is 0.0433. The van der Waals surface area contributed by atoms with E-state index in [1.54, 1.807) is 42.5 Å². The van der Waals surface area contributed by atoms with Crippen molar-refractivity contribution in [1.82, 2.24) is 20.3 Å². The van der Waals surface area contributed by atoms with E-state index >= 15 is 0 Å². The van der Waals surface area contributed by atoms with E-state index in [4.69, 9.17) is 4.42 Å². The van der Waals surface area contributed by atoms with Crippen LogP contribution in [0.5, 0.6) is 0 Å². The van der Waals surface area contributed by atoms with Crippen LogP contribution in [0.25, 0.3) is 11.1 Å². The second-order valence-corrected chi connectivity index (χ2v) is 6.70. The first-order valence-electron chi connectivity index (χ1n) is 9.59. The molecule has 1 amide bonds. The van der Waals surface area contributed by atoms with Crippen LogP contribution in [0.1, 0.15) is 23.7 Å². The molecule has 0 atom stereocenters. The van der Waals surface area contributed by atoms with E-state index in [1.807, 2.05) is 6.92 Å². The van der Waals surface area contributed by atoms with Crippen LogP contribution < -0.4 is 21.7 Å².